The first-order valence-electron chi connectivity index (χ1n) is 7.08. The number of piperazine rings is 1. The lowest BCUT2D eigenvalue weighted by molar-refractivity contribution is 0.232. The smallest absolute Gasteiger partial charge is 0.0108 e. The molecule has 0 aromatic carbocycles. The molecule has 92 valence electrons. The van der Waals surface area contributed by atoms with Crippen LogP contribution < -0.4 is 10.6 Å². The van der Waals surface area contributed by atoms with Gasteiger partial charge in [0, 0.05) is 45.3 Å². The van der Waals surface area contributed by atoms with E-state index in [1.54, 1.807) is 0 Å². The summed E-state index contributed by atoms with van der Waals surface area (Å²) >= 11 is 0. The summed E-state index contributed by atoms with van der Waals surface area (Å²) in [6.07, 6.45) is 5.99. The van der Waals surface area contributed by atoms with Crippen molar-refractivity contribution in [2.24, 2.45) is 11.8 Å². The van der Waals surface area contributed by atoms with Crippen molar-refractivity contribution in [1.29, 1.82) is 0 Å². The number of fused-ring (bicyclic) bond motifs is 2. The lowest BCUT2D eigenvalue weighted by Gasteiger charge is -2.29. The van der Waals surface area contributed by atoms with Crippen LogP contribution in [0.1, 0.15) is 25.7 Å². The van der Waals surface area contributed by atoms with Gasteiger partial charge in [-0.05, 0) is 31.1 Å². The van der Waals surface area contributed by atoms with Crippen LogP contribution in [0.15, 0.2) is 0 Å². The van der Waals surface area contributed by atoms with Crippen LogP contribution in [0.2, 0.25) is 0 Å². The van der Waals surface area contributed by atoms with E-state index in [1.165, 1.54) is 65.0 Å². The number of hydrogen-bond donors (Lipinski definition) is 2. The van der Waals surface area contributed by atoms with Crippen molar-refractivity contribution < 1.29 is 0 Å². The molecule has 3 atom stereocenters. The van der Waals surface area contributed by atoms with Gasteiger partial charge in [-0.15, -0.1) is 0 Å². The number of rotatable bonds is 4. The number of nitrogens with zero attached hydrogens (tertiary/aromatic N) is 1. The van der Waals surface area contributed by atoms with Crippen LogP contribution in [0.5, 0.6) is 0 Å². The maximum atomic E-state index is 3.80. The van der Waals surface area contributed by atoms with Gasteiger partial charge in [-0.2, -0.15) is 0 Å². The van der Waals surface area contributed by atoms with Gasteiger partial charge < -0.3 is 10.6 Å². The molecule has 0 spiro atoms. The van der Waals surface area contributed by atoms with Crippen molar-refractivity contribution in [1.82, 2.24) is 15.5 Å². The predicted octanol–water partition coefficient (Wildman–Crippen LogP) is 0.670. The second-order valence-electron chi connectivity index (χ2n) is 5.83. The minimum atomic E-state index is 0.863. The minimum absolute atomic E-state index is 0.863. The van der Waals surface area contributed by atoms with Crippen LogP contribution >= 0.6 is 0 Å². The zero-order valence-corrected chi connectivity index (χ0v) is 10.3. The van der Waals surface area contributed by atoms with E-state index in [9.17, 15) is 0 Å². The van der Waals surface area contributed by atoms with Gasteiger partial charge >= 0.3 is 0 Å². The third-order valence-electron chi connectivity index (χ3n) is 4.78. The standard InChI is InChI=1S/C13H25N3/c1-2-12-9-11(1)10-13(12)15-5-8-16-6-3-14-4-7-16/h11-15H,1-10H2. The molecule has 2 aliphatic carbocycles. The topological polar surface area (TPSA) is 27.3 Å². The van der Waals surface area contributed by atoms with E-state index in [-0.39, 0.29) is 0 Å². The Morgan fingerprint density at radius 2 is 2.00 bits per heavy atom. The monoisotopic (exact) mass is 223 g/mol. The normalized spacial score (nSPS) is 39.4. The average Bonchev–Trinajstić information content (AvgIpc) is 2.92. The van der Waals surface area contributed by atoms with Crippen LogP contribution in [0.4, 0.5) is 0 Å². The van der Waals surface area contributed by atoms with Gasteiger partial charge in [-0.3, -0.25) is 4.90 Å². The average molecular weight is 223 g/mol. The highest BCUT2D eigenvalue weighted by atomic mass is 15.2. The molecule has 1 saturated heterocycles. The Morgan fingerprint density at radius 1 is 1.12 bits per heavy atom. The van der Waals surface area contributed by atoms with Crippen molar-refractivity contribution in [3.63, 3.8) is 0 Å². The summed E-state index contributed by atoms with van der Waals surface area (Å²) in [5.41, 5.74) is 0. The summed E-state index contributed by atoms with van der Waals surface area (Å²) in [5, 5.41) is 7.20. The molecule has 16 heavy (non-hydrogen) atoms. The molecular formula is C13H25N3. The number of hydrogen-bond acceptors (Lipinski definition) is 3. The largest absolute Gasteiger partial charge is 0.314 e. The molecule has 1 aliphatic heterocycles. The lowest BCUT2D eigenvalue weighted by Crippen LogP contribution is -2.47. The van der Waals surface area contributed by atoms with Crippen molar-refractivity contribution in [3.8, 4) is 0 Å². The zero-order valence-electron chi connectivity index (χ0n) is 10.3. The highest BCUT2D eigenvalue weighted by Crippen LogP contribution is 2.44. The Bertz CT molecular complexity index is 225. The van der Waals surface area contributed by atoms with E-state index in [2.05, 4.69) is 15.5 Å². The summed E-state index contributed by atoms with van der Waals surface area (Å²) in [6, 6.07) is 0.863. The molecule has 2 N–H and O–H groups in total. The molecule has 3 aliphatic rings. The van der Waals surface area contributed by atoms with Gasteiger partial charge in [0.05, 0.1) is 0 Å². The van der Waals surface area contributed by atoms with E-state index < -0.39 is 0 Å². The summed E-state index contributed by atoms with van der Waals surface area (Å²) in [7, 11) is 0. The quantitative estimate of drug-likeness (QED) is 0.733. The summed E-state index contributed by atoms with van der Waals surface area (Å²) in [6.45, 7) is 7.27. The second-order valence-corrected chi connectivity index (χ2v) is 5.83. The molecule has 3 unspecified atom stereocenters. The Balaban J connectivity index is 1.34. The highest BCUT2D eigenvalue weighted by molar-refractivity contribution is 4.94. The molecule has 3 rings (SSSR count). The van der Waals surface area contributed by atoms with Crippen LogP contribution in [0, 0.1) is 11.8 Å². The molecule has 0 radical (unpaired) electrons. The van der Waals surface area contributed by atoms with Gasteiger partial charge in [0.1, 0.15) is 0 Å². The van der Waals surface area contributed by atoms with Gasteiger partial charge in [-0.1, -0.05) is 6.42 Å². The van der Waals surface area contributed by atoms with Crippen molar-refractivity contribution in [3.05, 3.63) is 0 Å². The second kappa shape index (κ2) is 5.03. The van der Waals surface area contributed by atoms with Crippen LogP contribution in [-0.2, 0) is 0 Å². The molecule has 3 heteroatoms. The van der Waals surface area contributed by atoms with Crippen LogP contribution in [0.3, 0.4) is 0 Å². The molecule has 0 aromatic rings. The van der Waals surface area contributed by atoms with Gasteiger partial charge in [-0.25, -0.2) is 0 Å². The van der Waals surface area contributed by atoms with E-state index in [0.29, 0.717) is 0 Å². The van der Waals surface area contributed by atoms with Crippen molar-refractivity contribution in [2.45, 2.75) is 31.7 Å². The highest BCUT2D eigenvalue weighted by Gasteiger charge is 2.38. The Kier molecular flexibility index (Phi) is 3.46. The van der Waals surface area contributed by atoms with Gasteiger partial charge in [0.2, 0.25) is 0 Å². The Morgan fingerprint density at radius 3 is 2.69 bits per heavy atom. The molecule has 3 fully saturated rings. The van der Waals surface area contributed by atoms with Crippen molar-refractivity contribution in [2.75, 3.05) is 39.3 Å². The number of nitrogens with one attached hydrogen (secondary N) is 2. The maximum Gasteiger partial charge on any atom is 0.0108 e. The molecule has 3 nitrogen and oxygen atoms in total. The summed E-state index contributed by atoms with van der Waals surface area (Å²) in [5.74, 6) is 2.09. The van der Waals surface area contributed by atoms with E-state index in [4.69, 9.17) is 0 Å². The van der Waals surface area contributed by atoms with Gasteiger partial charge in [0.15, 0.2) is 0 Å². The SMILES string of the molecule is C1CN(CCNC2CC3CCC2C3)CCN1. The fraction of sp³-hybridized carbons (Fsp3) is 1.00. The molecule has 1 heterocycles. The van der Waals surface area contributed by atoms with E-state index in [0.717, 1.165) is 17.9 Å². The maximum absolute atomic E-state index is 3.80. The third kappa shape index (κ3) is 2.41. The molecule has 2 saturated carbocycles. The first kappa shape index (κ1) is 11.0. The van der Waals surface area contributed by atoms with Crippen LogP contribution in [-0.4, -0.2) is 50.2 Å². The first-order chi connectivity index (χ1) is 7.92. The molecular weight excluding hydrogens is 198 g/mol. The fourth-order valence-corrected chi connectivity index (χ4v) is 3.84. The Labute approximate surface area is 99.0 Å². The van der Waals surface area contributed by atoms with Gasteiger partial charge in [0.25, 0.3) is 0 Å². The summed E-state index contributed by atoms with van der Waals surface area (Å²) in [4.78, 5) is 2.58. The molecule has 2 bridgehead atoms. The zero-order chi connectivity index (χ0) is 10.8. The molecule has 0 amide bonds. The predicted molar refractivity (Wildman–Crippen MR) is 66.5 cm³/mol. The summed E-state index contributed by atoms with van der Waals surface area (Å²) < 4.78 is 0. The van der Waals surface area contributed by atoms with Crippen LogP contribution in [0.25, 0.3) is 0 Å². The Hall–Kier alpha value is -0.120. The lowest BCUT2D eigenvalue weighted by atomic mass is 9.95. The fourth-order valence-electron chi connectivity index (χ4n) is 3.84. The van der Waals surface area contributed by atoms with Crippen molar-refractivity contribution >= 4 is 0 Å². The first-order valence-corrected chi connectivity index (χ1v) is 7.08. The van der Waals surface area contributed by atoms with E-state index >= 15 is 0 Å². The minimum Gasteiger partial charge on any atom is -0.314 e. The molecule has 0 aromatic heterocycles. The third-order valence-corrected chi connectivity index (χ3v) is 4.78. The van der Waals surface area contributed by atoms with E-state index in [1.807, 2.05) is 0 Å².